The molecule has 0 bridgehead atoms. The van der Waals surface area contributed by atoms with Gasteiger partial charge in [-0.15, -0.1) is 0 Å². The molecule has 109 heavy (non-hydrogen) atoms. The number of furan rings is 2. The highest BCUT2D eigenvalue weighted by Crippen LogP contribution is 2.55. The Morgan fingerprint density at radius 2 is 0.761 bits per heavy atom. The molecule has 0 saturated heterocycles. The van der Waals surface area contributed by atoms with E-state index in [1.165, 1.54) is 4.57 Å². The van der Waals surface area contributed by atoms with Crippen LogP contribution < -0.4 is 26.2 Å². The summed E-state index contributed by atoms with van der Waals surface area (Å²) in [5.74, 6) is 0. The predicted molar refractivity (Wildman–Crippen MR) is 462 cm³/mol. The van der Waals surface area contributed by atoms with E-state index < -0.39 is 109 Å². The van der Waals surface area contributed by atoms with Gasteiger partial charge in [0.2, 0.25) is 0 Å². The fourth-order valence-electron chi connectivity index (χ4n) is 17.0. The smallest absolute Gasteiger partial charge is 0.252 e. The molecule has 0 N–H and O–H groups in total. The van der Waals surface area contributed by atoms with Crippen molar-refractivity contribution in [3.8, 4) is 55.9 Å². The molecule has 0 unspecified atom stereocenters. The fourth-order valence-corrected chi connectivity index (χ4v) is 17.0. The second-order valence-electron chi connectivity index (χ2n) is 32.0. The van der Waals surface area contributed by atoms with E-state index in [-0.39, 0.29) is 65.8 Å². The molecular formula is C102H79BN4O2. The van der Waals surface area contributed by atoms with Crippen molar-refractivity contribution in [1.29, 1.82) is 0 Å². The van der Waals surface area contributed by atoms with Crippen LogP contribution in [0.15, 0.2) is 324 Å². The van der Waals surface area contributed by atoms with Crippen LogP contribution in [0.1, 0.15) is 101 Å². The quantitative estimate of drug-likeness (QED) is 0.142. The van der Waals surface area contributed by atoms with Crippen molar-refractivity contribution in [3.05, 3.63) is 332 Å². The summed E-state index contributed by atoms with van der Waals surface area (Å²) in [6.07, 6.45) is 0. The first-order valence-electron chi connectivity index (χ1n) is 45.0. The molecule has 19 aromatic rings. The second-order valence-corrected chi connectivity index (χ2v) is 32.0. The lowest BCUT2D eigenvalue weighted by molar-refractivity contribution is 0.569. The van der Waals surface area contributed by atoms with Gasteiger partial charge >= 0.3 is 0 Å². The van der Waals surface area contributed by atoms with E-state index in [9.17, 15) is 19.2 Å². The minimum absolute atomic E-state index is 0.0919. The molecule has 4 aromatic heterocycles. The van der Waals surface area contributed by atoms with Gasteiger partial charge in [-0.2, -0.15) is 0 Å². The molecule has 0 fully saturated rings. The first kappa shape index (κ1) is 49.9. The zero-order valence-corrected chi connectivity index (χ0v) is 61.5. The average molecular weight is 1420 g/mol. The van der Waals surface area contributed by atoms with Gasteiger partial charge in [0, 0.05) is 88.2 Å². The monoisotopic (exact) mass is 1420 g/mol. The largest absolute Gasteiger partial charge is 0.456 e. The van der Waals surface area contributed by atoms with E-state index in [2.05, 4.69) is 181 Å². The van der Waals surface area contributed by atoms with Crippen LogP contribution in [-0.2, 0) is 16.2 Å². The van der Waals surface area contributed by atoms with Crippen LogP contribution >= 0.6 is 0 Å². The lowest BCUT2D eigenvalue weighted by Gasteiger charge is -2.45. The SMILES string of the molecule is [2H]c1c([2H])c([2H])c2c(c1[2H])c1c([2H])c([2H])c([2H])c([2H])c1n2-c1ccc2c(c1)N(c1c(-c3ccccc3)cc(C(C)(C)C)cc1-c1ccccc1)c1cc(-n3c4c([2H])c([2H])c([2H])c([2H])c4c4c([2H])c([2H])c([2H])c([2H])c43)cc3c1B2c1ccc(-c2cc(C(C)(C)C)cc(C(C)(C)C)c2)cc1N3c1cccc2c1oc1c(-c3ccc4c(c3)oc3ccccc34)cccc12. The highest BCUT2D eigenvalue weighted by Gasteiger charge is 2.46. The van der Waals surface area contributed by atoms with E-state index in [0.717, 1.165) is 93.8 Å². The number of fused-ring (bicyclic) bond motifs is 16. The lowest BCUT2D eigenvalue weighted by Crippen LogP contribution is -2.61. The number of aromatic nitrogens is 2. The van der Waals surface area contributed by atoms with Gasteiger partial charge in [0.05, 0.1) is 61.1 Å². The Balaban J connectivity index is 0.979. The zero-order valence-electron chi connectivity index (χ0n) is 77.5. The molecule has 2 aliphatic heterocycles. The highest BCUT2D eigenvalue weighted by molar-refractivity contribution is 7.00. The number of rotatable bonds is 8. The maximum Gasteiger partial charge on any atom is 0.252 e. The number of hydrogen-bond acceptors (Lipinski definition) is 4. The van der Waals surface area contributed by atoms with Gasteiger partial charge < -0.3 is 27.8 Å². The van der Waals surface area contributed by atoms with Crippen LogP contribution in [0.25, 0.3) is 143 Å². The first-order chi connectivity index (χ1) is 59.6. The molecule has 6 nitrogen and oxygen atoms in total. The van der Waals surface area contributed by atoms with Crippen LogP contribution in [-0.4, -0.2) is 15.8 Å². The third-order valence-electron chi connectivity index (χ3n) is 22.4. The molecule has 522 valence electrons. The fraction of sp³-hybridized carbons (Fsp3) is 0.118. The van der Waals surface area contributed by atoms with E-state index in [1.807, 2.05) is 109 Å². The van der Waals surface area contributed by atoms with Gasteiger partial charge in [-0.05, 0) is 168 Å². The van der Waals surface area contributed by atoms with E-state index in [1.54, 1.807) is 4.57 Å². The number of hydrogen-bond donors (Lipinski definition) is 0. The van der Waals surface area contributed by atoms with Crippen LogP contribution in [0.3, 0.4) is 0 Å². The molecule has 0 aliphatic carbocycles. The molecule has 21 rings (SSSR count). The summed E-state index contributed by atoms with van der Waals surface area (Å²) in [7, 11) is 0. The first-order valence-corrected chi connectivity index (χ1v) is 37.0. The average Bonchev–Trinajstić information content (AvgIpc) is 1.58. The summed E-state index contributed by atoms with van der Waals surface area (Å²) in [6, 6.07) is 65.2. The van der Waals surface area contributed by atoms with Crippen LogP contribution in [0.4, 0.5) is 34.1 Å². The number of para-hydroxylation sites is 7. The Kier molecular flexibility index (Phi) is 10.9. The number of anilines is 6. The Morgan fingerprint density at radius 1 is 0.294 bits per heavy atom. The second kappa shape index (κ2) is 23.8. The van der Waals surface area contributed by atoms with Gasteiger partial charge in [-0.25, -0.2) is 0 Å². The molecular weight excluding hydrogens is 1320 g/mol. The van der Waals surface area contributed by atoms with Gasteiger partial charge in [0.15, 0.2) is 5.58 Å². The minimum atomic E-state index is -0.815. The van der Waals surface area contributed by atoms with E-state index in [4.69, 9.17) is 11.6 Å². The summed E-state index contributed by atoms with van der Waals surface area (Å²) < 4.78 is 172. The third kappa shape index (κ3) is 10.0. The molecule has 0 amide bonds. The summed E-state index contributed by atoms with van der Waals surface area (Å²) >= 11 is 0. The zero-order chi connectivity index (χ0) is 87.4. The van der Waals surface area contributed by atoms with Crippen molar-refractivity contribution >= 4 is 145 Å². The van der Waals surface area contributed by atoms with E-state index in [0.29, 0.717) is 61.8 Å². The van der Waals surface area contributed by atoms with Crippen molar-refractivity contribution < 1.29 is 30.8 Å². The molecule has 0 atom stereocenters. The third-order valence-corrected chi connectivity index (χ3v) is 22.4. The molecule has 0 saturated carbocycles. The van der Waals surface area contributed by atoms with Gasteiger partial charge in [0.25, 0.3) is 6.71 Å². The number of benzene rings is 15. The van der Waals surface area contributed by atoms with Crippen LogP contribution in [0.5, 0.6) is 0 Å². The molecule has 6 heterocycles. The Labute approximate surface area is 657 Å². The standard InChI is InChI=1S/C102H79BN4O2/c1-100(2,3)67-52-66(53-68(56-67)101(4,5)6)64-47-50-83-90(54-64)106(89-44-27-39-80-79-38-26-37-72(98(79)109-99(80)89)65-46-49-78-77-36-20-25-45-94(77)108-95(78)55-65)92-60-71(105-87-42-23-18-34-75(87)76-35-19-24-43-88(76)105)61-93-96(92)103(83)84-51-48-70(104-85-40-21-16-32-73(85)74-33-17-22-41-86(74)104)59-91(84)107(93)97-81(62-28-12-10-13-29-62)57-69(102(7,8)9)58-82(97)63-30-14-11-15-31-63/h10-61H,1-9H3/i16D,17D,18D,19D,21D,22D,23D,24D,32D,33D,34D,35D,40D,41D,42D,43D. The maximum atomic E-state index is 10.2. The van der Waals surface area contributed by atoms with Gasteiger partial charge in [-0.3, -0.25) is 0 Å². The normalized spacial score (nSPS) is 15.2. The van der Waals surface area contributed by atoms with Gasteiger partial charge in [-0.1, -0.05) is 286 Å². The minimum Gasteiger partial charge on any atom is -0.456 e. The lowest BCUT2D eigenvalue weighted by atomic mass is 9.33. The highest BCUT2D eigenvalue weighted by atomic mass is 16.3. The molecule has 0 radical (unpaired) electrons. The summed E-state index contributed by atoms with van der Waals surface area (Å²) in [5, 5.41) is 3.07. The van der Waals surface area contributed by atoms with Crippen molar-refractivity contribution in [2.24, 2.45) is 0 Å². The van der Waals surface area contributed by atoms with Crippen molar-refractivity contribution in [2.45, 2.75) is 78.6 Å². The van der Waals surface area contributed by atoms with Crippen LogP contribution in [0.2, 0.25) is 0 Å². The summed E-state index contributed by atoms with van der Waals surface area (Å²) in [6.45, 7) is 18.9. The maximum absolute atomic E-state index is 10.2. The van der Waals surface area contributed by atoms with Gasteiger partial charge in [0.1, 0.15) is 16.7 Å². The van der Waals surface area contributed by atoms with Crippen LogP contribution in [0, 0.1) is 0 Å². The van der Waals surface area contributed by atoms with Crippen molar-refractivity contribution in [3.63, 3.8) is 0 Å². The molecule has 15 aromatic carbocycles. The predicted octanol–water partition coefficient (Wildman–Crippen LogP) is 26.3. The Bertz CT molecular complexity index is 7780. The van der Waals surface area contributed by atoms with Crippen molar-refractivity contribution in [1.82, 2.24) is 9.13 Å². The molecule has 2 aliphatic rings. The Morgan fingerprint density at radius 3 is 1.35 bits per heavy atom. The Hall–Kier alpha value is -12.8. The van der Waals surface area contributed by atoms with Crippen molar-refractivity contribution in [2.75, 3.05) is 9.80 Å². The summed E-state index contributed by atoms with van der Waals surface area (Å²) in [5.41, 5.74) is 16.8. The van der Waals surface area contributed by atoms with E-state index >= 15 is 0 Å². The summed E-state index contributed by atoms with van der Waals surface area (Å²) in [4.78, 5) is 4.40. The number of nitrogens with zero attached hydrogens (tertiary/aromatic N) is 4. The molecule has 7 heteroatoms. The topological polar surface area (TPSA) is 42.6 Å². The molecule has 0 spiro atoms.